The summed E-state index contributed by atoms with van der Waals surface area (Å²) in [5.41, 5.74) is -1.63. The van der Waals surface area contributed by atoms with E-state index < -0.39 is 16.6 Å². The molecule has 2 saturated carbocycles. The maximum atomic E-state index is 11.8. The second-order valence-electron chi connectivity index (χ2n) is 8.24. The van der Waals surface area contributed by atoms with Gasteiger partial charge in [-0.3, -0.25) is 4.79 Å². The molecule has 134 valence electrons. The first-order valence-electron chi connectivity index (χ1n) is 8.14. The highest BCUT2D eigenvalue weighted by Gasteiger charge is 2.67. The van der Waals surface area contributed by atoms with Crippen LogP contribution in [0.5, 0.6) is 0 Å². The minimum Gasteiger partial charge on any atom is -0.459 e. The first kappa shape index (κ1) is 20.0. The van der Waals surface area contributed by atoms with Crippen molar-refractivity contribution < 1.29 is 14.6 Å². The van der Waals surface area contributed by atoms with Gasteiger partial charge in [-0.2, -0.15) is 0 Å². The number of hydrogen-bond donors (Lipinski definition) is 1. The molecule has 0 aromatic rings. The van der Waals surface area contributed by atoms with E-state index >= 15 is 0 Å². The summed E-state index contributed by atoms with van der Waals surface area (Å²) in [5, 5.41) is 11.8. The molecular formula is C17H27Br2ClO3. The van der Waals surface area contributed by atoms with Gasteiger partial charge in [0, 0.05) is 28.4 Å². The third-order valence-corrected chi connectivity index (χ3v) is 10.2. The zero-order valence-electron chi connectivity index (χ0n) is 14.5. The van der Waals surface area contributed by atoms with Gasteiger partial charge in [-0.25, -0.2) is 0 Å². The maximum Gasteiger partial charge on any atom is 0.303 e. The lowest BCUT2D eigenvalue weighted by Gasteiger charge is -2.58. The highest BCUT2D eigenvalue weighted by molar-refractivity contribution is 9.09. The molecule has 3 nitrogen and oxygen atoms in total. The van der Waals surface area contributed by atoms with Crippen molar-refractivity contribution in [1.29, 1.82) is 0 Å². The molecule has 0 radical (unpaired) electrons. The van der Waals surface area contributed by atoms with Crippen LogP contribution in [-0.2, 0) is 9.53 Å². The third kappa shape index (κ3) is 3.02. The van der Waals surface area contributed by atoms with Crippen molar-refractivity contribution in [3.8, 4) is 0 Å². The number of halogens is 3. The average molecular weight is 475 g/mol. The number of hydrogen-bond acceptors (Lipinski definition) is 3. The van der Waals surface area contributed by atoms with Gasteiger partial charge in [0.15, 0.2) is 0 Å². The van der Waals surface area contributed by atoms with Crippen LogP contribution in [0.1, 0.15) is 60.3 Å². The molecule has 2 rings (SSSR count). The largest absolute Gasteiger partial charge is 0.459 e. The Morgan fingerprint density at radius 3 is 2.17 bits per heavy atom. The predicted molar refractivity (Wildman–Crippen MR) is 101 cm³/mol. The molecule has 23 heavy (non-hydrogen) atoms. The van der Waals surface area contributed by atoms with E-state index in [1.165, 1.54) is 6.92 Å². The molecule has 0 heterocycles. The molecular weight excluding hydrogens is 447 g/mol. The summed E-state index contributed by atoms with van der Waals surface area (Å²) in [7, 11) is 0. The summed E-state index contributed by atoms with van der Waals surface area (Å²) in [5.74, 6) is -0.372. The van der Waals surface area contributed by atoms with Crippen molar-refractivity contribution in [2.45, 2.75) is 86.5 Å². The van der Waals surface area contributed by atoms with Gasteiger partial charge in [0.1, 0.15) is 11.7 Å². The van der Waals surface area contributed by atoms with Gasteiger partial charge in [0.2, 0.25) is 0 Å². The van der Waals surface area contributed by atoms with E-state index in [9.17, 15) is 9.90 Å². The lowest BCUT2D eigenvalue weighted by Crippen LogP contribution is -2.66. The summed E-state index contributed by atoms with van der Waals surface area (Å²) in [6.07, 6.45) is 2.16. The lowest BCUT2D eigenvalue weighted by molar-refractivity contribution is -0.216. The van der Waals surface area contributed by atoms with E-state index in [1.807, 2.05) is 6.92 Å². The Balaban J connectivity index is 2.48. The summed E-state index contributed by atoms with van der Waals surface area (Å²) >= 11 is 14.1. The zero-order chi connectivity index (χ0) is 17.8. The molecule has 6 atom stereocenters. The molecule has 0 bridgehead atoms. The average Bonchev–Trinajstić information content (AvgIpc) is 2.60. The van der Waals surface area contributed by atoms with Crippen LogP contribution in [0.25, 0.3) is 0 Å². The Morgan fingerprint density at radius 1 is 1.17 bits per heavy atom. The van der Waals surface area contributed by atoms with Crippen LogP contribution in [0.3, 0.4) is 0 Å². The minimum atomic E-state index is -1.12. The number of esters is 1. The fourth-order valence-corrected chi connectivity index (χ4v) is 6.05. The number of carbonyl (C=O) groups excluding carboxylic acids is 1. The summed E-state index contributed by atoms with van der Waals surface area (Å²) in [6.45, 7) is 9.81. The quantitative estimate of drug-likeness (QED) is 0.462. The Hall–Kier alpha value is 0.680. The monoisotopic (exact) mass is 472 g/mol. The van der Waals surface area contributed by atoms with E-state index in [-0.39, 0.29) is 21.6 Å². The minimum absolute atomic E-state index is 0.0459. The van der Waals surface area contributed by atoms with Gasteiger partial charge in [-0.15, -0.1) is 11.6 Å². The smallest absolute Gasteiger partial charge is 0.303 e. The molecule has 0 amide bonds. The van der Waals surface area contributed by atoms with Gasteiger partial charge in [-0.1, -0.05) is 52.6 Å². The highest BCUT2D eigenvalue weighted by atomic mass is 79.9. The van der Waals surface area contributed by atoms with Crippen molar-refractivity contribution in [1.82, 2.24) is 0 Å². The molecule has 2 aliphatic rings. The Morgan fingerprint density at radius 2 is 1.74 bits per heavy atom. The van der Waals surface area contributed by atoms with Crippen molar-refractivity contribution in [2.75, 3.05) is 0 Å². The number of carbonyl (C=O) groups is 1. The molecule has 2 aliphatic carbocycles. The Bertz CT molecular complexity index is 496. The Kier molecular flexibility index (Phi) is 5.34. The van der Waals surface area contributed by atoms with Crippen LogP contribution in [0.4, 0.5) is 0 Å². The lowest BCUT2D eigenvalue weighted by atomic mass is 9.54. The van der Waals surface area contributed by atoms with Gasteiger partial charge in [-0.05, 0) is 31.6 Å². The van der Waals surface area contributed by atoms with Gasteiger partial charge < -0.3 is 9.84 Å². The van der Waals surface area contributed by atoms with Gasteiger partial charge >= 0.3 is 5.97 Å². The van der Waals surface area contributed by atoms with Gasteiger partial charge in [0.25, 0.3) is 0 Å². The van der Waals surface area contributed by atoms with E-state index in [0.717, 1.165) is 12.8 Å². The summed E-state index contributed by atoms with van der Waals surface area (Å²) < 4.78 is 5.59. The molecule has 0 saturated heterocycles. The van der Waals surface area contributed by atoms with Crippen molar-refractivity contribution in [3.05, 3.63) is 0 Å². The second kappa shape index (κ2) is 6.14. The molecule has 1 N–H and O–H groups in total. The molecule has 0 aromatic heterocycles. The van der Waals surface area contributed by atoms with Crippen molar-refractivity contribution in [3.63, 3.8) is 0 Å². The Labute approximate surface area is 161 Å². The van der Waals surface area contributed by atoms with Crippen molar-refractivity contribution in [2.24, 2.45) is 10.8 Å². The van der Waals surface area contributed by atoms with E-state index in [0.29, 0.717) is 17.7 Å². The SMILES string of the molecule is CC(=O)O[C@H]1C[C@](C)(Cl)[C@@H](Br)C[C@@]1(O)[C@]1(C)CC[C@H](Br)C1(C)C. The molecule has 0 aromatic carbocycles. The normalized spacial score (nSPS) is 49.9. The molecule has 0 unspecified atom stereocenters. The van der Waals surface area contributed by atoms with Crippen LogP contribution in [0.2, 0.25) is 0 Å². The first-order valence-corrected chi connectivity index (χ1v) is 10.4. The topological polar surface area (TPSA) is 46.5 Å². The van der Waals surface area contributed by atoms with Crippen molar-refractivity contribution >= 4 is 49.4 Å². The van der Waals surface area contributed by atoms with E-state index in [4.69, 9.17) is 16.3 Å². The third-order valence-electron chi connectivity index (χ3n) is 6.63. The number of ether oxygens (including phenoxy) is 1. The van der Waals surface area contributed by atoms with E-state index in [1.54, 1.807) is 0 Å². The van der Waals surface area contributed by atoms with Gasteiger partial charge in [0.05, 0.1) is 4.87 Å². The van der Waals surface area contributed by atoms with Crippen LogP contribution in [0, 0.1) is 10.8 Å². The fraction of sp³-hybridized carbons (Fsp3) is 0.941. The fourth-order valence-electron chi connectivity index (χ4n) is 4.42. The number of alkyl halides is 3. The zero-order valence-corrected chi connectivity index (χ0v) is 18.4. The number of rotatable bonds is 2. The van der Waals surface area contributed by atoms with Crippen LogP contribution < -0.4 is 0 Å². The summed E-state index contributed by atoms with van der Waals surface area (Å²) in [6, 6.07) is 0. The highest BCUT2D eigenvalue weighted by Crippen LogP contribution is 2.64. The molecule has 2 fully saturated rings. The number of aliphatic hydroxyl groups is 1. The molecule has 0 spiro atoms. The summed E-state index contributed by atoms with van der Waals surface area (Å²) in [4.78, 5) is 11.4. The van der Waals surface area contributed by atoms with E-state index in [2.05, 4.69) is 52.6 Å². The van der Waals surface area contributed by atoms with Crippen LogP contribution in [0.15, 0.2) is 0 Å². The van der Waals surface area contributed by atoms with Crippen LogP contribution >= 0.6 is 43.5 Å². The standard InChI is InChI=1S/C17H27Br2ClO3/c1-10(21)23-13-9-15(4,20)12(19)8-17(13,22)16(5)7-6-11(18)14(16,2)3/h11-13,22H,6-9H2,1-5H3/t11-,12-,13-,15-,16+,17-/m0/s1. The maximum absolute atomic E-state index is 11.8. The molecule has 6 heteroatoms. The second-order valence-corrected chi connectivity index (χ2v) is 11.3. The first-order chi connectivity index (χ1) is 10.3. The van der Waals surface area contributed by atoms with Crippen LogP contribution in [-0.4, -0.2) is 37.3 Å². The molecule has 0 aliphatic heterocycles. The predicted octanol–water partition coefficient (Wildman–Crippen LogP) is 4.79.